The van der Waals surface area contributed by atoms with Gasteiger partial charge in [-0.05, 0) is 54.8 Å². The van der Waals surface area contributed by atoms with Crippen LogP contribution in [-0.4, -0.2) is 43.8 Å². The lowest BCUT2D eigenvalue weighted by Crippen LogP contribution is -2.54. The monoisotopic (exact) mass is 617 g/mol. The molecular weight excluding hydrogens is 582 g/mol. The quantitative estimate of drug-likeness (QED) is 0.197. The van der Waals surface area contributed by atoms with Crippen molar-refractivity contribution in [2.24, 2.45) is 0 Å². The number of carbonyl (C=O) groups excluding carboxylic acids is 2. The van der Waals surface area contributed by atoms with Crippen LogP contribution in [0.4, 0.5) is 5.69 Å². The third kappa shape index (κ3) is 8.46. The molecule has 0 aromatic heterocycles. The molecule has 43 heavy (non-hydrogen) atoms. The van der Waals surface area contributed by atoms with Gasteiger partial charge in [0.05, 0.1) is 10.6 Å². The summed E-state index contributed by atoms with van der Waals surface area (Å²) in [5, 5.41) is 3.37. The first-order valence-corrected chi connectivity index (χ1v) is 16.0. The molecule has 0 saturated heterocycles. The predicted octanol–water partition coefficient (Wildman–Crippen LogP) is 6.09. The number of amides is 2. The Bertz CT molecular complexity index is 1600. The Hall–Kier alpha value is -4.14. The molecule has 0 bridgehead atoms. The first kappa shape index (κ1) is 31.8. The maximum atomic E-state index is 14.4. The fraction of sp³-hybridized carbons (Fsp3) is 0.235. The summed E-state index contributed by atoms with van der Waals surface area (Å²) in [5.41, 5.74) is 1.93. The SMILES string of the molecule is CC[C@H](C)NC(=O)[C@@H](Cc1ccccc1)N(Cc1ccccc1)C(=O)CN(c1cccc(Cl)c1)S(=O)(=O)c1ccccc1. The van der Waals surface area contributed by atoms with E-state index in [1.165, 1.54) is 23.1 Å². The van der Waals surface area contributed by atoms with Crippen molar-refractivity contribution < 1.29 is 18.0 Å². The molecule has 7 nitrogen and oxygen atoms in total. The van der Waals surface area contributed by atoms with Crippen molar-refractivity contribution in [2.45, 2.75) is 50.2 Å². The number of carbonyl (C=O) groups is 2. The van der Waals surface area contributed by atoms with Crippen molar-refractivity contribution in [1.29, 1.82) is 0 Å². The minimum absolute atomic E-state index is 0.0349. The summed E-state index contributed by atoms with van der Waals surface area (Å²) >= 11 is 6.27. The van der Waals surface area contributed by atoms with Crippen LogP contribution >= 0.6 is 11.6 Å². The minimum Gasteiger partial charge on any atom is -0.352 e. The van der Waals surface area contributed by atoms with Gasteiger partial charge in [-0.3, -0.25) is 13.9 Å². The minimum atomic E-state index is -4.17. The van der Waals surface area contributed by atoms with Gasteiger partial charge in [-0.1, -0.05) is 103 Å². The van der Waals surface area contributed by atoms with Crippen LogP contribution in [0.2, 0.25) is 5.02 Å². The third-order valence-corrected chi connectivity index (χ3v) is 9.20. The van der Waals surface area contributed by atoms with E-state index in [1.807, 2.05) is 74.5 Å². The van der Waals surface area contributed by atoms with Gasteiger partial charge in [0, 0.05) is 24.0 Å². The zero-order valence-electron chi connectivity index (χ0n) is 24.3. The largest absolute Gasteiger partial charge is 0.352 e. The van der Waals surface area contributed by atoms with Crippen LogP contribution in [-0.2, 0) is 32.6 Å². The van der Waals surface area contributed by atoms with E-state index in [4.69, 9.17) is 11.6 Å². The summed E-state index contributed by atoms with van der Waals surface area (Å²) < 4.78 is 29.0. The van der Waals surface area contributed by atoms with Gasteiger partial charge >= 0.3 is 0 Å². The van der Waals surface area contributed by atoms with Crippen LogP contribution in [0.15, 0.2) is 120 Å². The lowest BCUT2D eigenvalue weighted by Gasteiger charge is -2.34. The number of hydrogen-bond acceptors (Lipinski definition) is 4. The summed E-state index contributed by atoms with van der Waals surface area (Å²) in [6.07, 6.45) is 0.971. The van der Waals surface area contributed by atoms with Crippen molar-refractivity contribution in [3.8, 4) is 0 Å². The fourth-order valence-corrected chi connectivity index (χ4v) is 6.27. The summed E-state index contributed by atoms with van der Waals surface area (Å²) in [7, 11) is -4.17. The number of anilines is 1. The standard InChI is InChI=1S/C34H36ClN3O4S/c1-3-26(2)36-34(40)32(22-27-14-7-4-8-15-27)37(24-28-16-9-5-10-17-28)33(39)25-38(30-19-13-18-29(35)23-30)43(41,42)31-20-11-6-12-21-31/h4-21,23,26,32H,3,22,24-25H2,1-2H3,(H,36,40)/t26-,32+/m0/s1. The van der Waals surface area contributed by atoms with Crippen molar-refractivity contribution in [3.05, 3.63) is 131 Å². The summed E-state index contributed by atoms with van der Waals surface area (Å²) in [5.74, 6) is -0.828. The van der Waals surface area contributed by atoms with Crippen molar-refractivity contribution >= 4 is 39.1 Å². The molecule has 0 spiro atoms. The van der Waals surface area contributed by atoms with E-state index in [2.05, 4.69) is 5.32 Å². The van der Waals surface area contributed by atoms with Gasteiger partial charge in [-0.15, -0.1) is 0 Å². The molecule has 224 valence electrons. The van der Waals surface area contributed by atoms with Crippen LogP contribution in [0.25, 0.3) is 0 Å². The Kier molecular flexibility index (Phi) is 11.0. The molecule has 0 saturated carbocycles. The lowest BCUT2D eigenvalue weighted by molar-refractivity contribution is -0.140. The molecule has 0 aliphatic carbocycles. The van der Waals surface area contributed by atoms with Crippen LogP contribution in [0, 0.1) is 0 Å². The second-order valence-electron chi connectivity index (χ2n) is 10.3. The zero-order chi connectivity index (χ0) is 30.8. The Morgan fingerprint density at radius 1 is 0.814 bits per heavy atom. The number of hydrogen-bond donors (Lipinski definition) is 1. The van der Waals surface area contributed by atoms with E-state index in [0.717, 1.165) is 15.4 Å². The highest BCUT2D eigenvalue weighted by atomic mass is 35.5. The molecule has 9 heteroatoms. The molecule has 4 aromatic rings. The van der Waals surface area contributed by atoms with E-state index in [1.54, 1.807) is 36.4 Å². The first-order chi connectivity index (χ1) is 20.7. The number of benzene rings is 4. The molecule has 2 amide bonds. The highest BCUT2D eigenvalue weighted by Crippen LogP contribution is 2.27. The second-order valence-corrected chi connectivity index (χ2v) is 12.6. The molecule has 0 aliphatic rings. The highest BCUT2D eigenvalue weighted by molar-refractivity contribution is 7.92. The molecule has 0 unspecified atom stereocenters. The fourth-order valence-electron chi connectivity index (χ4n) is 4.65. The zero-order valence-corrected chi connectivity index (χ0v) is 25.8. The summed E-state index contributed by atoms with van der Waals surface area (Å²) in [6.45, 7) is 3.46. The van der Waals surface area contributed by atoms with Crippen LogP contribution in [0.1, 0.15) is 31.4 Å². The Labute approximate surface area is 259 Å². The van der Waals surface area contributed by atoms with E-state index < -0.39 is 28.5 Å². The van der Waals surface area contributed by atoms with Gasteiger partial charge in [0.15, 0.2) is 0 Å². The van der Waals surface area contributed by atoms with Gasteiger partial charge in [0.1, 0.15) is 12.6 Å². The molecule has 2 atom stereocenters. The predicted molar refractivity (Wildman–Crippen MR) is 171 cm³/mol. The third-order valence-electron chi connectivity index (χ3n) is 7.17. The lowest BCUT2D eigenvalue weighted by atomic mass is 10.0. The number of sulfonamides is 1. The molecule has 0 heterocycles. The number of halogens is 1. The van der Waals surface area contributed by atoms with Gasteiger partial charge in [-0.25, -0.2) is 8.42 Å². The van der Waals surface area contributed by atoms with Crippen LogP contribution in [0.5, 0.6) is 0 Å². The Morgan fingerprint density at radius 2 is 1.40 bits per heavy atom. The van der Waals surface area contributed by atoms with E-state index >= 15 is 0 Å². The second kappa shape index (κ2) is 14.8. The number of rotatable bonds is 13. The summed E-state index contributed by atoms with van der Waals surface area (Å²) in [4.78, 5) is 29.7. The molecule has 1 N–H and O–H groups in total. The van der Waals surface area contributed by atoms with Gasteiger partial charge in [-0.2, -0.15) is 0 Å². The van der Waals surface area contributed by atoms with Gasteiger partial charge in [0.2, 0.25) is 11.8 Å². The number of nitrogens with zero attached hydrogens (tertiary/aromatic N) is 2. The van der Waals surface area contributed by atoms with Crippen molar-refractivity contribution in [3.63, 3.8) is 0 Å². The summed E-state index contributed by atoms with van der Waals surface area (Å²) in [6, 6.07) is 32.1. The molecule has 0 radical (unpaired) electrons. The van der Waals surface area contributed by atoms with E-state index in [9.17, 15) is 18.0 Å². The maximum absolute atomic E-state index is 14.4. The molecule has 4 rings (SSSR count). The molecule has 0 aliphatic heterocycles. The van der Waals surface area contributed by atoms with Crippen molar-refractivity contribution in [2.75, 3.05) is 10.8 Å². The van der Waals surface area contributed by atoms with Crippen LogP contribution < -0.4 is 9.62 Å². The van der Waals surface area contributed by atoms with Crippen LogP contribution in [0.3, 0.4) is 0 Å². The smallest absolute Gasteiger partial charge is 0.264 e. The maximum Gasteiger partial charge on any atom is 0.264 e. The van der Waals surface area contributed by atoms with E-state index in [-0.39, 0.29) is 35.5 Å². The molecule has 4 aromatic carbocycles. The van der Waals surface area contributed by atoms with Gasteiger partial charge < -0.3 is 10.2 Å². The Balaban J connectivity index is 1.79. The normalized spacial score (nSPS) is 12.6. The highest BCUT2D eigenvalue weighted by Gasteiger charge is 2.35. The number of nitrogens with one attached hydrogen (secondary N) is 1. The topological polar surface area (TPSA) is 86.8 Å². The van der Waals surface area contributed by atoms with E-state index in [0.29, 0.717) is 11.4 Å². The Morgan fingerprint density at radius 3 is 1.98 bits per heavy atom. The molecule has 0 fully saturated rings. The van der Waals surface area contributed by atoms with Crippen molar-refractivity contribution in [1.82, 2.24) is 10.2 Å². The molecular formula is C34H36ClN3O4S. The average Bonchev–Trinajstić information content (AvgIpc) is 3.02. The first-order valence-electron chi connectivity index (χ1n) is 14.2. The average molecular weight is 618 g/mol. The van der Waals surface area contributed by atoms with Gasteiger partial charge in [0.25, 0.3) is 10.0 Å².